The average molecular weight is 536 g/mol. The van der Waals surface area contributed by atoms with Crippen LogP contribution in [0.15, 0.2) is 100 Å². The molecule has 0 atom stereocenters. The van der Waals surface area contributed by atoms with Gasteiger partial charge in [-0.15, -0.1) is 11.3 Å². The van der Waals surface area contributed by atoms with Crippen LogP contribution >= 0.6 is 46.5 Å². The highest BCUT2D eigenvalue weighted by Crippen LogP contribution is 2.33. The van der Waals surface area contributed by atoms with E-state index in [1.165, 1.54) is 22.0 Å². The van der Waals surface area contributed by atoms with E-state index in [0.29, 0.717) is 22.5 Å². The molecule has 2 heterocycles. The predicted molar refractivity (Wildman–Crippen MR) is 151 cm³/mol. The Morgan fingerprint density at radius 1 is 0.914 bits per heavy atom. The molecule has 2 aromatic heterocycles. The minimum atomic E-state index is 0.363. The van der Waals surface area contributed by atoms with Gasteiger partial charge in [-0.2, -0.15) is 0 Å². The lowest BCUT2D eigenvalue weighted by atomic mass is 9.98. The zero-order valence-corrected chi connectivity index (χ0v) is 21.6. The van der Waals surface area contributed by atoms with Crippen molar-refractivity contribution < 1.29 is 0 Å². The highest BCUT2D eigenvalue weighted by atomic mass is 35.5. The van der Waals surface area contributed by atoms with Crippen molar-refractivity contribution in [1.29, 1.82) is 0 Å². The van der Waals surface area contributed by atoms with Gasteiger partial charge in [-0.1, -0.05) is 65.7 Å². The second kappa shape index (κ2) is 10.7. The Labute approximate surface area is 222 Å². The van der Waals surface area contributed by atoms with Gasteiger partial charge < -0.3 is 5.73 Å². The van der Waals surface area contributed by atoms with Crippen molar-refractivity contribution in [2.24, 2.45) is 10.7 Å². The maximum Gasteiger partial charge on any atom is 0.199 e. The second-order valence-electron chi connectivity index (χ2n) is 7.76. The van der Waals surface area contributed by atoms with Crippen LogP contribution in [0.5, 0.6) is 0 Å². The van der Waals surface area contributed by atoms with Gasteiger partial charge in [0, 0.05) is 32.1 Å². The van der Waals surface area contributed by atoms with Crippen molar-refractivity contribution >= 4 is 62.5 Å². The number of benzene rings is 3. The number of pyridine rings is 1. The Kier molecular flexibility index (Phi) is 7.25. The maximum atomic E-state index is 6.14. The number of halogens is 2. The summed E-state index contributed by atoms with van der Waals surface area (Å²) in [6, 6.07) is 27.9. The quantitative estimate of drug-likeness (QED) is 0.131. The summed E-state index contributed by atoms with van der Waals surface area (Å²) in [6.45, 7) is 0.403. The van der Waals surface area contributed by atoms with Gasteiger partial charge >= 0.3 is 0 Å². The van der Waals surface area contributed by atoms with Crippen LogP contribution in [0.1, 0.15) is 5.56 Å². The van der Waals surface area contributed by atoms with Gasteiger partial charge in [0.15, 0.2) is 5.96 Å². The van der Waals surface area contributed by atoms with Crippen molar-refractivity contribution in [2.75, 3.05) is 0 Å². The molecule has 3 aromatic carbocycles. The molecule has 8 heteroatoms. The smallest absolute Gasteiger partial charge is 0.199 e. The van der Waals surface area contributed by atoms with E-state index < -0.39 is 0 Å². The van der Waals surface area contributed by atoms with Crippen LogP contribution in [0.2, 0.25) is 10.0 Å². The minimum Gasteiger partial charge on any atom is -0.369 e. The Morgan fingerprint density at radius 2 is 1.60 bits per heavy atom. The molecule has 3 N–H and O–H groups in total. The number of hydrogen-bond acceptors (Lipinski definition) is 4. The number of hydrogen-bond donors (Lipinski definition) is 2. The number of guanidine groups is 1. The molecular formula is C27H20Cl2N4S2. The highest BCUT2D eigenvalue weighted by Gasteiger charge is 2.11. The fourth-order valence-corrected chi connectivity index (χ4v) is 5.66. The second-order valence-corrected chi connectivity index (χ2v) is 10.8. The first-order valence-corrected chi connectivity index (χ1v) is 13.2. The molecule has 174 valence electrons. The van der Waals surface area contributed by atoms with Crippen LogP contribution in [-0.4, -0.2) is 10.9 Å². The highest BCUT2D eigenvalue weighted by molar-refractivity contribution is 8.00. The number of thiophene rings is 1. The molecule has 0 radical (unpaired) electrons. The summed E-state index contributed by atoms with van der Waals surface area (Å²) >= 11 is 15.4. The number of aromatic nitrogens is 1. The van der Waals surface area contributed by atoms with Gasteiger partial charge in [0.2, 0.25) is 0 Å². The zero-order chi connectivity index (χ0) is 24.2. The van der Waals surface area contributed by atoms with Gasteiger partial charge in [-0.05, 0) is 70.9 Å². The van der Waals surface area contributed by atoms with E-state index in [-0.39, 0.29) is 0 Å². The monoisotopic (exact) mass is 534 g/mol. The third-order valence-electron chi connectivity index (χ3n) is 5.31. The van der Waals surface area contributed by atoms with E-state index in [0.717, 1.165) is 32.2 Å². The van der Waals surface area contributed by atoms with Crippen LogP contribution < -0.4 is 10.5 Å². The Bertz CT molecular complexity index is 1460. The van der Waals surface area contributed by atoms with E-state index in [4.69, 9.17) is 33.9 Å². The van der Waals surface area contributed by atoms with Crippen LogP contribution in [0, 0.1) is 0 Å². The molecule has 0 spiro atoms. The summed E-state index contributed by atoms with van der Waals surface area (Å²) in [5.41, 5.74) is 10.9. The molecular weight excluding hydrogens is 515 g/mol. The van der Waals surface area contributed by atoms with Gasteiger partial charge in [0.05, 0.1) is 16.4 Å². The molecule has 35 heavy (non-hydrogen) atoms. The number of rotatable bonds is 6. The summed E-state index contributed by atoms with van der Waals surface area (Å²) in [7, 11) is 0. The van der Waals surface area contributed by atoms with E-state index in [1.54, 1.807) is 11.3 Å². The molecule has 0 saturated heterocycles. The van der Waals surface area contributed by atoms with Crippen molar-refractivity contribution in [3.63, 3.8) is 0 Å². The number of nitrogens with two attached hydrogens (primary N) is 1. The number of nitrogens with zero attached hydrogens (tertiary/aromatic N) is 2. The Balaban J connectivity index is 1.36. The Morgan fingerprint density at radius 3 is 2.31 bits per heavy atom. The zero-order valence-electron chi connectivity index (χ0n) is 18.4. The van der Waals surface area contributed by atoms with Gasteiger partial charge in [-0.25, -0.2) is 4.99 Å². The topological polar surface area (TPSA) is 63.3 Å². The van der Waals surface area contributed by atoms with Crippen LogP contribution in [0.25, 0.3) is 32.5 Å². The molecule has 0 bridgehead atoms. The molecule has 0 aliphatic carbocycles. The van der Waals surface area contributed by atoms with E-state index in [1.807, 2.05) is 66.9 Å². The van der Waals surface area contributed by atoms with Crippen molar-refractivity contribution in [2.45, 2.75) is 10.8 Å². The summed E-state index contributed by atoms with van der Waals surface area (Å²) in [5, 5.41) is 2.59. The lowest BCUT2D eigenvalue weighted by Crippen LogP contribution is -2.25. The molecule has 4 nitrogen and oxygen atoms in total. The summed E-state index contributed by atoms with van der Waals surface area (Å²) in [4.78, 5) is 9.28. The van der Waals surface area contributed by atoms with Gasteiger partial charge in [0.25, 0.3) is 0 Å². The van der Waals surface area contributed by atoms with Crippen LogP contribution in [-0.2, 0) is 6.54 Å². The van der Waals surface area contributed by atoms with Crippen molar-refractivity contribution in [1.82, 2.24) is 9.71 Å². The lowest BCUT2D eigenvalue weighted by Gasteiger charge is -2.12. The third-order valence-corrected chi connectivity index (χ3v) is 7.85. The number of nitrogens with one attached hydrogen (secondary N) is 1. The minimum absolute atomic E-state index is 0.363. The number of aliphatic imine (C=N–C) groups is 1. The molecule has 0 unspecified atom stereocenters. The first kappa shape index (κ1) is 23.7. The van der Waals surface area contributed by atoms with E-state index in [2.05, 4.69) is 34.0 Å². The average Bonchev–Trinajstić information content (AvgIpc) is 3.30. The molecule has 5 aromatic rings. The van der Waals surface area contributed by atoms with Crippen LogP contribution in [0.4, 0.5) is 0 Å². The van der Waals surface area contributed by atoms with Crippen LogP contribution in [0.3, 0.4) is 0 Å². The largest absolute Gasteiger partial charge is 0.369 e. The first-order chi connectivity index (χ1) is 17.0. The predicted octanol–water partition coefficient (Wildman–Crippen LogP) is 8.05. The van der Waals surface area contributed by atoms with E-state index >= 15 is 0 Å². The fourth-order valence-electron chi connectivity index (χ4n) is 3.60. The lowest BCUT2D eigenvalue weighted by molar-refractivity contribution is 1.03. The standard InChI is InChI=1S/C27H20Cl2N4S2/c28-21-9-5-18(6-10-21)23-13-17(15-31-26(23)19-7-11-22(29)12-8-19)16-32-27(30)33-35-25-14-20-3-1-2-4-24(20)34-25/h1-15H,16H2,(H3,30,32,33). The maximum absolute atomic E-state index is 6.14. The summed E-state index contributed by atoms with van der Waals surface area (Å²) < 4.78 is 5.50. The fraction of sp³-hybridized carbons (Fsp3) is 0.0370. The molecule has 5 rings (SSSR count). The molecule has 0 amide bonds. The molecule has 0 aliphatic heterocycles. The van der Waals surface area contributed by atoms with Gasteiger partial charge in [-0.3, -0.25) is 9.71 Å². The normalized spacial score (nSPS) is 11.7. The summed E-state index contributed by atoms with van der Waals surface area (Å²) in [6.07, 6.45) is 1.83. The number of fused-ring (bicyclic) bond motifs is 1. The third kappa shape index (κ3) is 5.80. The molecule has 0 aliphatic rings. The Hall–Kier alpha value is -3.03. The first-order valence-electron chi connectivity index (χ1n) is 10.8. The van der Waals surface area contributed by atoms with E-state index in [9.17, 15) is 0 Å². The van der Waals surface area contributed by atoms with Crippen molar-refractivity contribution in [3.05, 3.63) is 107 Å². The molecule has 0 saturated carbocycles. The summed E-state index contributed by atoms with van der Waals surface area (Å²) in [5.74, 6) is 0.363. The van der Waals surface area contributed by atoms with Crippen molar-refractivity contribution in [3.8, 4) is 22.4 Å². The molecule has 0 fully saturated rings. The SMILES string of the molecule is NC(=NCc1cnc(-c2ccc(Cl)cc2)c(-c2ccc(Cl)cc2)c1)NSc1cc2ccccc2s1. The van der Waals surface area contributed by atoms with Gasteiger partial charge in [0.1, 0.15) is 0 Å².